The number of hydrogen-bond acceptors (Lipinski definition) is 4. The van der Waals surface area contributed by atoms with Gasteiger partial charge >= 0.3 is 0 Å². The molecule has 0 aromatic heterocycles. The van der Waals surface area contributed by atoms with E-state index >= 15 is 0 Å². The van der Waals surface area contributed by atoms with E-state index in [2.05, 4.69) is 10.0 Å². The van der Waals surface area contributed by atoms with Crippen LogP contribution in [0.15, 0.2) is 53.4 Å². The van der Waals surface area contributed by atoms with Crippen LogP contribution in [0.5, 0.6) is 0 Å². The van der Waals surface area contributed by atoms with Gasteiger partial charge in [0.25, 0.3) is 0 Å². The van der Waals surface area contributed by atoms with Crippen molar-refractivity contribution in [1.29, 1.82) is 5.26 Å². The maximum atomic E-state index is 12.1. The molecule has 0 radical (unpaired) electrons. The summed E-state index contributed by atoms with van der Waals surface area (Å²) in [5.74, 6) is -0.313. The number of rotatable bonds is 7. The Labute approximate surface area is 151 Å². The topological polar surface area (TPSA) is 99.1 Å². The van der Waals surface area contributed by atoms with Crippen molar-refractivity contribution in [3.63, 3.8) is 0 Å². The minimum absolute atomic E-state index is 0.00718. The first-order valence-corrected chi connectivity index (χ1v) is 9.28. The van der Waals surface area contributed by atoms with Gasteiger partial charge in [0.2, 0.25) is 15.9 Å². The van der Waals surface area contributed by atoms with Gasteiger partial charge in [-0.2, -0.15) is 5.26 Å². The zero-order chi connectivity index (χ0) is 18.3. The van der Waals surface area contributed by atoms with Gasteiger partial charge < -0.3 is 5.32 Å². The fourth-order valence-corrected chi connectivity index (χ4v) is 3.17. The molecule has 0 spiro atoms. The van der Waals surface area contributed by atoms with E-state index in [0.29, 0.717) is 17.1 Å². The first-order chi connectivity index (χ1) is 11.9. The molecule has 0 fully saturated rings. The first-order valence-electron chi connectivity index (χ1n) is 7.42. The van der Waals surface area contributed by atoms with E-state index in [1.54, 1.807) is 24.3 Å². The number of amides is 1. The lowest BCUT2D eigenvalue weighted by atomic mass is 10.1. The SMILES string of the molecule is N#CCc1ccc(NC(=O)CCNS(=O)(=O)c2ccc(Cl)cc2)cc1. The molecule has 0 aliphatic carbocycles. The van der Waals surface area contributed by atoms with Gasteiger partial charge in [-0.3, -0.25) is 4.79 Å². The molecule has 0 saturated carbocycles. The molecule has 2 N–H and O–H groups in total. The molecule has 2 rings (SSSR count). The smallest absolute Gasteiger partial charge is 0.240 e. The quantitative estimate of drug-likeness (QED) is 0.774. The molecule has 130 valence electrons. The molecule has 8 heteroatoms. The maximum Gasteiger partial charge on any atom is 0.240 e. The maximum absolute atomic E-state index is 12.1. The molecule has 2 aromatic rings. The first kappa shape index (κ1) is 18.9. The number of nitrogens with one attached hydrogen (secondary N) is 2. The highest BCUT2D eigenvalue weighted by Crippen LogP contribution is 2.14. The molecular formula is C17H16ClN3O3S. The van der Waals surface area contributed by atoms with Crippen LogP contribution in [-0.4, -0.2) is 20.9 Å². The molecule has 0 aliphatic heterocycles. The Hall–Kier alpha value is -2.40. The van der Waals surface area contributed by atoms with E-state index in [1.165, 1.54) is 24.3 Å². The Morgan fingerprint density at radius 3 is 2.32 bits per heavy atom. The molecule has 0 atom stereocenters. The number of sulfonamides is 1. The number of nitrogens with zero attached hydrogens (tertiary/aromatic N) is 1. The summed E-state index contributed by atoms with van der Waals surface area (Å²) in [6.07, 6.45) is 0.299. The third-order valence-corrected chi connectivity index (χ3v) is 5.02. The normalized spacial score (nSPS) is 10.9. The summed E-state index contributed by atoms with van der Waals surface area (Å²) in [6, 6.07) is 14.7. The summed E-state index contributed by atoms with van der Waals surface area (Å²) < 4.78 is 26.5. The predicted molar refractivity (Wildman–Crippen MR) is 95.6 cm³/mol. The zero-order valence-corrected chi connectivity index (χ0v) is 14.8. The molecule has 1 amide bonds. The van der Waals surface area contributed by atoms with Crippen molar-refractivity contribution < 1.29 is 13.2 Å². The molecule has 0 unspecified atom stereocenters. The Balaban J connectivity index is 1.83. The van der Waals surface area contributed by atoms with E-state index in [0.717, 1.165) is 5.56 Å². The van der Waals surface area contributed by atoms with E-state index in [-0.39, 0.29) is 23.8 Å². The van der Waals surface area contributed by atoms with Crippen molar-refractivity contribution in [2.75, 3.05) is 11.9 Å². The second-order valence-corrected chi connectivity index (χ2v) is 7.39. The molecule has 2 aromatic carbocycles. The Kier molecular flexibility index (Phi) is 6.53. The lowest BCUT2D eigenvalue weighted by Gasteiger charge is -2.08. The van der Waals surface area contributed by atoms with Gasteiger partial charge in [-0.1, -0.05) is 23.7 Å². The molecule has 0 heterocycles. The van der Waals surface area contributed by atoms with Crippen molar-refractivity contribution in [3.05, 3.63) is 59.1 Å². The van der Waals surface area contributed by atoms with Gasteiger partial charge in [0.15, 0.2) is 0 Å². The van der Waals surface area contributed by atoms with Crippen molar-refractivity contribution in [3.8, 4) is 6.07 Å². The van der Waals surface area contributed by atoms with Gasteiger partial charge in [0.05, 0.1) is 17.4 Å². The third-order valence-electron chi connectivity index (χ3n) is 3.29. The van der Waals surface area contributed by atoms with Crippen LogP contribution in [0.25, 0.3) is 0 Å². The van der Waals surface area contributed by atoms with Gasteiger partial charge in [0.1, 0.15) is 0 Å². The second kappa shape index (κ2) is 8.62. The number of carbonyl (C=O) groups is 1. The van der Waals surface area contributed by atoms with Crippen molar-refractivity contribution in [2.45, 2.75) is 17.7 Å². The van der Waals surface area contributed by atoms with Crippen LogP contribution >= 0.6 is 11.6 Å². The van der Waals surface area contributed by atoms with Crippen molar-refractivity contribution in [2.24, 2.45) is 0 Å². The van der Waals surface area contributed by atoms with Crippen LogP contribution in [0.4, 0.5) is 5.69 Å². The molecule has 0 aliphatic rings. The number of benzene rings is 2. The van der Waals surface area contributed by atoms with Crippen molar-refractivity contribution >= 4 is 33.2 Å². The standard InChI is InChI=1S/C17H16ClN3O3S/c18-14-3-7-16(8-4-14)25(23,24)20-12-10-17(22)21-15-5-1-13(2-6-15)9-11-19/h1-8,20H,9-10,12H2,(H,21,22). The highest BCUT2D eigenvalue weighted by Gasteiger charge is 2.14. The van der Waals surface area contributed by atoms with Crippen LogP contribution in [0, 0.1) is 11.3 Å². The fraction of sp³-hybridized carbons (Fsp3) is 0.176. The van der Waals surface area contributed by atoms with Crippen molar-refractivity contribution in [1.82, 2.24) is 4.72 Å². The summed E-state index contributed by atoms with van der Waals surface area (Å²) in [7, 11) is -3.68. The summed E-state index contributed by atoms with van der Waals surface area (Å²) in [4.78, 5) is 12.0. The Morgan fingerprint density at radius 1 is 1.08 bits per heavy atom. The lowest BCUT2D eigenvalue weighted by molar-refractivity contribution is -0.116. The van der Waals surface area contributed by atoms with Crippen LogP contribution in [0.2, 0.25) is 5.02 Å². The molecule has 6 nitrogen and oxygen atoms in total. The van der Waals surface area contributed by atoms with E-state index in [4.69, 9.17) is 16.9 Å². The largest absolute Gasteiger partial charge is 0.326 e. The van der Waals surface area contributed by atoms with E-state index in [9.17, 15) is 13.2 Å². The highest BCUT2D eigenvalue weighted by atomic mass is 35.5. The summed E-state index contributed by atoms with van der Waals surface area (Å²) in [6.45, 7) is -0.0245. The molecular weight excluding hydrogens is 362 g/mol. The average molecular weight is 378 g/mol. The van der Waals surface area contributed by atoms with Crippen LogP contribution < -0.4 is 10.0 Å². The van der Waals surface area contributed by atoms with Gasteiger partial charge in [0, 0.05) is 23.7 Å². The minimum Gasteiger partial charge on any atom is -0.326 e. The number of hydrogen-bond donors (Lipinski definition) is 2. The monoisotopic (exact) mass is 377 g/mol. The predicted octanol–water partition coefficient (Wildman–Crippen LogP) is 2.71. The van der Waals surface area contributed by atoms with E-state index < -0.39 is 10.0 Å². The zero-order valence-electron chi connectivity index (χ0n) is 13.2. The lowest BCUT2D eigenvalue weighted by Crippen LogP contribution is -2.27. The average Bonchev–Trinajstić information content (AvgIpc) is 2.57. The Morgan fingerprint density at radius 2 is 1.72 bits per heavy atom. The van der Waals surface area contributed by atoms with E-state index in [1.807, 2.05) is 6.07 Å². The Bertz CT molecular complexity index is 873. The summed E-state index contributed by atoms with van der Waals surface area (Å²) in [5, 5.41) is 11.7. The minimum atomic E-state index is -3.68. The number of anilines is 1. The fourth-order valence-electron chi connectivity index (χ4n) is 2.02. The molecule has 0 bridgehead atoms. The van der Waals surface area contributed by atoms with Gasteiger partial charge in [-0.15, -0.1) is 0 Å². The summed E-state index contributed by atoms with van der Waals surface area (Å²) >= 11 is 5.73. The number of nitriles is 1. The van der Waals surface area contributed by atoms with Crippen LogP contribution in [0.1, 0.15) is 12.0 Å². The summed E-state index contributed by atoms with van der Waals surface area (Å²) in [5.41, 5.74) is 1.45. The van der Waals surface area contributed by atoms with Crippen LogP contribution in [0.3, 0.4) is 0 Å². The number of carbonyl (C=O) groups excluding carboxylic acids is 1. The van der Waals surface area contributed by atoms with Gasteiger partial charge in [-0.05, 0) is 42.0 Å². The molecule has 0 saturated heterocycles. The second-order valence-electron chi connectivity index (χ2n) is 5.18. The molecule has 25 heavy (non-hydrogen) atoms. The number of halogens is 1. The van der Waals surface area contributed by atoms with Crippen LogP contribution in [-0.2, 0) is 21.2 Å². The van der Waals surface area contributed by atoms with Gasteiger partial charge in [-0.25, -0.2) is 13.1 Å². The highest BCUT2D eigenvalue weighted by molar-refractivity contribution is 7.89. The third kappa shape index (κ3) is 5.87.